The Morgan fingerprint density at radius 2 is 1.82 bits per heavy atom. The van der Waals surface area contributed by atoms with E-state index < -0.39 is 0 Å². The van der Waals surface area contributed by atoms with Crippen LogP contribution in [0.25, 0.3) is 10.8 Å². The van der Waals surface area contributed by atoms with Crippen LogP contribution < -0.4 is 0 Å². The number of rotatable bonds is 6. The van der Waals surface area contributed by atoms with Crippen molar-refractivity contribution >= 4 is 28.3 Å². The fraction of sp³-hybridized carbons (Fsp3) is 0.292. The normalized spacial score (nSPS) is 16.4. The monoisotopic (exact) mass is 393 g/mol. The first-order valence-electron chi connectivity index (χ1n) is 9.79. The van der Waals surface area contributed by atoms with Crippen molar-refractivity contribution in [3.05, 3.63) is 82.9 Å². The van der Waals surface area contributed by atoms with Crippen LogP contribution in [0.2, 0.25) is 5.02 Å². The lowest BCUT2D eigenvalue weighted by Gasteiger charge is -2.26. The van der Waals surface area contributed by atoms with Gasteiger partial charge in [0.25, 0.3) is 0 Å². The summed E-state index contributed by atoms with van der Waals surface area (Å²) in [6, 6.07) is 22.1. The van der Waals surface area contributed by atoms with E-state index in [1.54, 1.807) is 0 Å². The Bertz CT molecular complexity index is 943. The summed E-state index contributed by atoms with van der Waals surface area (Å²) < 4.78 is 5.80. The van der Waals surface area contributed by atoms with E-state index in [-0.39, 0.29) is 12.0 Å². The molecule has 3 nitrogen and oxygen atoms in total. The topological polar surface area (TPSA) is 29.5 Å². The molecule has 0 saturated carbocycles. The van der Waals surface area contributed by atoms with Gasteiger partial charge in [0.1, 0.15) is 0 Å². The standard InChI is InChI=1S/C24H24ClNO2/c25-21-12-10-18(11-13-21)16-26(17-22-8-4-14-28-22)24(27)15-20-7-3-6-19-5-1-2-9-23(19)20/h1-3,5-7,9-13,22H,4,8,14-17H2. The predicted octanol–water partition coefficient (Wildman–Crippen LogP) is 5.24. The minimum Gasteiger partial charge on any atom is -0.376 e. The molecule has 0 radical (unpaired) electrons. The number of hydrogen-bond donors (Lipinski definition) is 0. The third kappa shape index (κ3) is 4.54. The van der Waals surface area contributed by atoms with E-state index in [9.17, 15) is 4.79 Å². The highest BCUT2D eigenvalue weighted by molar-refractivity contribution is 6.30. The molecule has 4 heteroatoms. The molecule has 1 fully saturated rings. The van der Waals surface area contributed by atoms with Gasteiger partial charge in [-0.1, -0.05) is 66.2 Å². The van der Waals surface area contributed by atoms with Crippen LogP contribution in [0.3, 0.4) is 0 Å². The zero-order valence-corrected chi connectivity index (χ0v) is 16.6. The molecule has 1 amide bonds. The molecule has 1 heterocycles. The van der Waals surface area contributed by atoms with Crippen molar-refractivity contribution in [3.63, 3.8) is 0 Å². The minimum atomic E-state index is 0.127. The second kappa shape index (κ2) is 8.76. The molecule has 3 aromatic carbocycles. The number of carbonyl (C=O) groups is 1. The molecule has 0 aliphatic carbocycles. The maximum atomic E-state index is 13.3. The molecule has 0 aromatic heterocycles. The number of ether oxygens (including phenoxy) is 1. The van der Waals surface area contributed by atoms with Crippen LogP contribution in [-0.4, -0.2) is 30.1 Å². The number of amides is 1. The van der Waals surface area contributed by atoms with Gasteiger partial charge in [-0.2, -0.15) is 0 Å². The summed E-state index contributed by atoms with van der Waals surface area (Å²) in [5.74, 6) is 0.127. The van der Waals surface area contributed by atoms with Crippen molar-refractivity contribution in [2.75, 3.05) is 13.2 Å². The molecule has 1 saturated heterocycles. The van der Waals surface area contributed by atoms with Crippen molar-refractivity contribution in [1.29, 1.82) is 0 Å². The van der Waals surface area contributed by atoms with E-state index in [0.29, 0.717) is 24.5 Å². The highest BCUT2D eigenvalue weighted by Crippen LogP contribution is 2.21. The fourth-order valence-electron chi connectivity index (χ4n) is 3.82. The maximum absolute atomic E-state index is 13.3. The molecule has 0 spiro atoms. The van der Waals surface area contributed by atoms with Crippen molar-refractivity contribution < 1.29 is 9.53 Å². The van der Waals surface area contributed by atoms with Crippen LogP contribution in [0.15, 0.2) is 66.7 Å². The highest BCUT2D eigenvalue weighted by Gasteiger charge is 2.23. The van der Waals surface area contributed by atoms with Gasteiger partial charge in [-0.25, -0.2) is 0 Å². The third-order valence-electron chi connectivity index (χ3n) is 5.31. The van der Waals surface area contributed by atoms with Gasteiger partial charge in [-0.3, -0.25) is 4.79 Å². The van der Waals surface area contributed by atoms with Crippen LogP contribution in [0.5, 0.6) is 0 Å². The molecular formula is C24H24ClNO2. The molecule has 1 aliphatic heterocycles. The number of hydrogen-bond acceptors (Lipinski definition) is 2. The van der Waals surface area contributed by atoms with Crippen LogP contribution in [0, 0.1) is 0 Å². The van der Waals surface area contributed by atoms with Gasteiger partial charge < -0.3 is 9.64 Å². The molecule has 1 unspecified atom stereocenters. The summed E-state index contributed by atoms with van der Waals surface area (Å²) in [5, 5.41) is 3.01. The van der Waals surface area contributed by atoms with Gasteiger partial charge in [0.05, 0.1) is 12.5 Å². The van der Waals surface area contributed by atoms with E-state index >= 15 is 0 Å². The molecule has 3 aromatic rings. The summed E-state index contributed by atoms with van der Waals surface area (Å²) in [5.41, 5.74) is 2.14. The minimum absolute atomic E-state index is 0.127. The first kappa shape index (κ1) is 19.0. The zero-order valence-electron chi connectivity index (χ0n) is 15.8. The van der Waals surface area contributed by atoms with E-state index in [0.717, 1.165) is 41.3 Å². The number of halogens is 1. The molecule has 1 atom stereocenters. The smallest absolute Gasteiger partial charge is 0.227 e. The van der Waals surface area contributed by atoms with Gasteiger partial charge in [0.2, 0.25) is 5.91 Å². The Kier molecular flexibility index (Phi) is 5.94. The molecular weight excluding hydrogens is 370 g/mol. The van der Waals surface area contributed by atoms with Gasteiger partial charge >= 0.3 is 0 Å². The number of carbonyl (C=O) groups excluding carboxylic acids is 1. The molecule has 1 aliphatic rings. The third-order valence-corrected chi connectivity index (χ3v) is 5.56. The molecule has 0 bridgehead atoms. The molecule has 144 valence electrons. The quantitative estimate of drug-likeness (QED) is 0.572. The summed E-state index contributed by atoms with van der Waals surface area (Å²) >= 11 is 6.01. The Hall–Kier alpha value is -2.36. The van der Waals surface area contributed by atoms with Crippen LogP contribution in [-0.2, 0) is 22.5 Å². The van der Waals surface area contributed by atoms with Gasteiger partial charge in [0, 0.05) is 24.7 Å². The molecule has 0 N–H and O–H groups in total. The highest BCUT2D eigenvalue weighted by atomic mass is 35.5. The van der Waals surface area contributed by atoms with Crippen molar-refractivity contribution in [2.24, 2.45) is 0 Å². The van der Waals surface area contributed by atoms with Crippen LogP contribution in [0.4, 0.5) is 0 Å². The molecule has 4 rings (SSSR count). The zero-order chi connectivity index (χ0) is 19.3. The van der Waals surface area contributed by atoms with E-state index in [1.165, 1.54) is 0 Å². The van der Waals surface area contributed by atoms with Gasteiger partial charge in [0.15, 0.2) is 0 Å². The summed E-state index contributed by atoms with van der Waals surface area (Å²) in [6.07, 6.45) is 2.60. The van der Waals surface area contributed by atoms with E-state index in [4.69, 9.17) is 16.3 Å². The Morgan fingerprint density at radius 3 is 2.61 bits per heavy atom. The fourth-order valence-corrected chi connectivity index (χ4v) is 3.95. The number of benzene rings is 3. The SMILES string of the molecule is O=C(Cc1cccc2ccccc12)N(Cc1ccc(Cl)cc1)CC1CCCO1. The first-order chi connectivity index (χ1) is 13.7. The maximum Gasteiger partial charge on any atom is 0.227 e. The predicted molar refractivity (Wildman–Crippen MR) is 113 cm³/mol. The van der Waals surface area contributed by atoms with Crippen LogP contribution in [0.1, 0.15) is 24.0 Å². The summed E-state index contributed by atoms with van der Waals surface area (Å²) in [4.78, 5) is 15.2. The van der Waals surface area contributed by atoms with E-state index in [1.807, 2.05) is 53.4 Å². The lowest BCUT2D eigenvalue weighted by atomic mass is 10.0. The summed E-state index contributed by atoms with van der Waals surface area (Å²) in [6.45, 7) is 1.99. The summed E-state index contributed by atoms with van der Waals surface area (Å²) in [7, 11) is 0. The lowest BCUT2D eigenvalue weighted by Crippen LogP contribution is -2.37. The van der Waals surface area contributed by atoms with Crippen molar-refractivity contribution in [3.8, 4) is 0 Å². The average Bonchev–Trinajstić information content (AvgIpc) is 3.22. The number of nitrogens with zero attached hydrogens (tertiary/aromatic N) is 1. The van der Waals surface area contributed by atoms with Gasteiger partial charge in [-0.05, 0) is 46.9 Å². The molecule has 28 heavy (non-hydrogen) atoms. The average molecular weight is 394 g/mol. The van der Waals surface area contributed by atoms with Crippen molar-refractivity contribution in [2.45, 2.75) is 31.9 Å². The Labute approximate surface area is 170 Å². The van der Waals surface area contributed by atoms with Crippen LogP contribution >= 0.6 is 11.6 Å². The van der Waals surface area contributed by atoms with Crippen molar-refractivity contribution in [1.82, 2.24) is 4.90 Å². The van der Waals surface area contributed by atoms with E-state index in [2.05, 4.69) is 18.2 Å². The largest absolute Gasteiger partial charge is 0.376 e. The van der Waals surface area contributed by atoms with Gasteiger partial charge in [-0.15, -0.1) is 0 Å². The first-order valence-corrected chi connectivity index (χ1v) is 10.2. The number of fused-ring (bicyclic) bond motifs is 1. The second-order valence-corrected chi connectivity index (χ2v) is 7.79. The Balaban J connectivity index is 1.55. The lowest BCUT2D eigenvalue weighted by molar-refractivity contribution is -0.132. The second-order valence-electron chi connectivity index (χ2n) is 7.35. The Morgan fingerprint density at radius 1 is 1.04 bits per heavy atom.